The van der Waals surface area contributed by atoms with Gasteiger partial charge >= 0.3 is 6.18 Å². The summed E-state index contributed by atoms with van der Waals surface area (Å²) < 4.78 is 76.5. The van der Waals surface area contributed by atoms with E-state index < -0.39 is 29.5 Å². The quantitative estimate of drug-likeness (QED) is 0.645. The maximum Gasteiger partial charge on any atom is 0.416 e. The Labute approximate surface area is 110 Å². The molecule has 0 fully saturated rings. The summed E-state index contributed by atoms with van der Waals surface area (Å²) in [5, 5.41) is 0. The molecule has 0 aliphatic carbocycles. The lowest BCUT2D eigenvalue weighted by Crippen LogP contribution is -2.04. The standard InChI is InChI=1S/C14H8F6/c15-12-5-4-9(13(16)17)7-11(12)8-2-1-3-10(6-8)14(18,19)20/h1-7,13H. The van der Waals surface area contributed by atoms with Crippen molar-refractivity contribution in [2.75, 3.05) is 0 Å². The van der Waals surface area contributed by atoms with Gasteiger partial charge in [0.15, 0.2) is 0 Å². The minimum absolute atomic E-state index is 0.0974. The summed E-state index contributed by atoms with van der Waals surface area (Å²) >= 11 is 0. The molecule has 0 heterocycles. The van der Waals surface area contributed by atoms with Gasteiger partial charge in [0.2, 0.25) is 0 Å². The summed E-state index contributed by atoms with van der Waals surface area (Å²) in [5.74, 6) is -0.853. The van der Waals surface area contributed by atoms with Gasteiger partial charge in [-0.3, -0.25) is 0 Å². The van der Waals surface area contributed by atoms with E-state index >= 15 is 0 Å². The maximum atomic E-state index is 13.6. The Morgan fingerprint density at radius 3 is 2.20 bits per heavy atom. The molecule has 0 aliphatic heterocycles. The topological polar surface area (TPSA) is 0 Å². The van der Waals surface area contributed by atoms with Gasteiger partial charge in [-0.15, -0.1) is 0 Å². The number of halogens is 6. The average molecular weight is 290 g/mol. The fraction of sp³-hybridized carbons (Fsp3) is 0.143. The van der Waals surface area contributed by atoms with E-state index in [9.17, 15) is 26.3 Å². The minimum Gasteiger partial charge on any atom is -0.206 e. The molecule has 0 nitrogen and oxygen atoms in total. The van der Waals surface area contributed by atoms with Crippen molar-refractivity contribution in [1.82, 2.24) is 0 Å². The molecule has 0 aromatic heterocycles. The lowest BCUT2D eigenvalue weighted by atomic mass is 10.0. The second kappa shape index (κ2) is 5.19. The zero-order valence-electron chi connectivity index (χ0n) is 9.89. The van der Waals surface area contributed by atoms with E-state index in [0.29, 0.717) is 0 Å². The maximum absolute atomic E-state index is 13.6. The van der Waals surface area contributed by atoms with Crippen LogP contribution in [-0.4, -0.2) is 0 Å². The van der Waals surface area contributed by atoms with Crippen LogP contribution in [0.4, 0.5) is 26.3 Å². The number of benzene rings is 2. The Morgan fingerprint density at radius 2 is 1.60 bits per heavy atom. The molecule has 0 aliphatic rings. The molecule has 20 heavy (non-hydrogen) atoms. The Morgan fingerprint density at radius 1 is 0.900 bits per heavy atom. The van der Waals surface area contributed by atoms with Crippen molar-refractivity contribution >= 4 is 0 Å². The highest BCUT2D eigenvalue weighted by Gasteiger charge is 2.30. The Hall–Kier alpha value is -1.98. The van der Waals surface area contributed by atoms with Crippen molar-refractivity contribution in [3.05, 3.63) is 59.4 Å². The largest absolute Gasteiger partial charge is 0.416 e. The predicted molar refractivity (Wildman–Crippen MR) is 61.8 cm³/mol. The van der Waals surface area contributed by atoms with E-state index in [-0.39, 0.29) is 11.1 Å². The lowest BCUT2D eigenvalue weighted by Gasteiger charge is -2.10. The molecule has 0 bridgehead atoms. The fourth-order valence-electron chi connectivity index (χ4n) is 1.76. The monoisotopic (exact) mass is 290 g/mol. The van der Waals surface area contributed by atoms with E-state index in [1.54, 1.807) is 0 Å². The molecular weight excluding hydrogens is 282 g/mol. The van der Waals surface area contributed by atoms with Gasteiger partial charge in [0.25, 0.3) is 6.43 Å². The second-order valence-electron chi connectivity index (χ2n) is 4.12. The SMILES string of the molecule is Fc1ccc(C(F)F)cc1-c1cccc(C(F)(F)F)c1. The van der Waals surface area contributed by atoms with Crippen molar-refractivity contribution in [3.8, 4) is 11.1 Å². The summed E-state index contributed by atoms with van der Waals surface area (Å²) in [5.41, 5.74) is -1.79. The van der Waals surface area contributed by atoms with E-state index in [1.807, 2.05) is 0 Å². The molecule has 0 saturated carbocycles. The lowest BCUT2D eigenvalue weighted by molar-refractivity contribution is -0.137. The molecule has 0 radical (unpaired) electrons. The summed E-state index contributed by atoms with van der Waals surface area (Å²) in [4.78, 5) is 0. The summed E-state index contributed by atoms with van der Waals surface area (Å²) in [6.45, 7) is 0. The fourth-order valence-corrected chi connectivity index (χ4v) is 1.76. The molecule has 2 rings (SSSR count). The number of hydrogen-bond donors (Lipinski definition) is 0. The van der Waals surface area contributed by atoms with E-state index in [2.05, 4.69) is 0 Å². The number of alkyl halides is 5. The highest BCUT2D eigenvalue weighted by molar-refractivity contribution is 5.66. The average Bonchev–Trinajstić information content (AvgIpc) is 2.38. The van der Waals surface area contributed by atoms with Crippen molar-refractivity contribution in [3.63, 3.8) is 0 Å². The van der Waals surface area contributed by atoms with Crippen LogP contribution in [0.5, 0.6) is 0 Å². The predicted octanol–water partition coefficient (Wildman–Crippen LogP) is 5.45. The molecule has 2 aromatic rings. The second-order valence-corrected chi connectivity index (χ2v) is 4.12. The van der Waals surface area contributed by atoms with Crippen LogP contribution in [0, 0.1) is 5.82 Å². The molecule has 6 heteroatoms. The third-order valence-electron chi connectivity index (χ3n) is 2.74. The van der Waals surface area contributed by atoms with Gasteiger partial charge in [-0.2, -0.15) is 13.2 Å². The first-order valence-electron chi connectivity index (χ1n) is 5.54. The van der Waals surface area contributed by atoms with Crippen LogP contribution in [-0.2, 0) is 6.18 Å². The molecule has 0 spiro atoms. The molecule has 0 amide bonds. The van der Waals surface area contributed by atoms with Gasteiger partial charge in [-0.05, 0) is 29.8 Å². The zero-order valence-corrected chi connectivity index (χ0v) is 9.89. The first-order valence-corrected chi connectivity index (χ1v) is 5.54. The number of hydrogen-bond acceptors (Lipinski definition) is 0. The highest BCUT2D eigenvalue weighted by Crippen LogP contribution is 2.34. The number of rotatable bonds is 2. The molecule has 0 N–H and O–H groups in total. The van der Waals surface area contributed by atoms with Crippen LogP contribution in [0.2, 0.25) is 0 Å². The normalized spacial score (nSPS) is 11.9. The molecule has 2 aromatic carbocycles. The summed E-state index contributed by atoms with van der Waals surface area (Å²) in [6, 6.07) is 6.48. The first-order chi connectivity index (χ1) is 9.29. The van der Waals surface area contributed by atoms with Crippen molar-refractivity contribution in [1.29, 1.82) is 0 Å². The van der Waals surface area contributed by atoms with E-state index in [1.165, 1.54) is 6.07 Å². The molecule has 106 valence electrons. The van der Waals surface area contributed by atoms with E-state index in [0.717, 1.165) is 36.4 Å². The van der Waals surface area contributed by atoms with Crippen LogP contribution >= 0.6 is 0 Å². The summed E-state index contributed by atoms with van der Waals surface area (Å²) in [7, 11) is 0. The van der Waals surface area contributed by atoms with Gasteiger partial charge in [0.1, 0.15) is 5.82 Å². The Kier molecular flexibility index (Phi) is 3.74. The third-order valence-corrected chi connectivity index (χ3v) is 2.74. The molecular formula is C14H8F6. The van der Waals surface area contributed by atoms with Crippen LogP contribution in [0.15, 0.2) is 42.5 Å². The zero-order chi connectivity index (χ0) is 14.9. The van der Waals surface area contributed by atoms with Gasteiger partial charge in [-0.1, -0.05) is 18.2 Å². The van der Waals surface area contributed by atoms with Crippen LogP contribution in [0.3, 0.4) is 0 Å². The highest BCUT2D eigenvalue weighted by atomic mass is 19.4. The summed E-state index contributed by atoms with van der Waals surface area (Å²) in [6.07, 6.45) is -7.40. The van der Waals surface area contributed by atoms with Gasteiger partial charge in [0.05, 0.1) is 5.56 Å². The third kappa shape index (κ3) is 2.95. The molecule has 0 unspecified atom stereocenters. The van der Waals surface area contributed by atoms with Gasteiger partial charge in [0, 0.05) is 11.1 Å². The van der Waals surface area contributed by atoms with Crippen LogP contribution in [0.25, 0.3) is 11.1 Å². The minimum atomic E-state index is -4.58. The first kappa shape index (κ1) is 14.4. The van der Waals surface area contributed by atoms with Gasteiger partial charge < -0.3 is 0 Å². The van der Waals surface area contributed by atoms with Crippen LogP contribution in [0.1, 0.15) is 17.6 Å². The van der Waals surface area contributed by atoms with Gasteiger partial charge in [-0.25, -0.2) is 13.2 Å². The van der Waals surface area contributed by atoms with Crippen molar-refractivity contribution in [2.45, 2.75) is 12.6 Å². The van der Waals surface area contributed by atoms with E-state index in [4.69, 9.17) is 0 Å². The van der Waals surface area contributed by atoms with Crippen molar-refractivity contribution in [2.24, 2.45) is 0 Å². The smallest absolute Gasteiger partial charge is 0.206 e. The Bertz CT molecular complexity index is 615. The molecule has 0 atom stereocenters. The van der Waals surface area contributed by atoms with Crippen LogP contribution < -0.4 is 0 Å². The molecule has 0 saturated heterocycles. The Balaban J connectivity index is 2.54. The van der Waals surface area contributed by atoms with Crippen molar-refractivity contribution < 1.29 is 26.3 Å².